The molecule has 1 aromatic rings. The first-order chi connectivity index (χ1) is 11.5. The second-order valence-electron chi connectivity index (χ2n) is 6.37. The lowest BCUT2D eigenvalue weighted by Crippen LogP contribution is -2.59. The molecular weight excluding hydrogens is 357 g/mol. The number of benzene rings is 1. The number of carbonyl (C=O) groups is 2. The van der Waals surface area contributed by atoms with Crippen molar-refractivity contribution in [1.29, 1.82) is 0 Å². The van der Waals surface area contributed by atoms with Crippen LogP contribution in [0, 0.1) is 0 Å². The van der Waals surface area contributed by atoms with E-state index in [4.69, 9.17) is 17.3 Å². The lowest BCUT2D eigenvalue weighted by atomic mass is 9.85. The molecule has 4 nitrogen and oxygen atoms in total. The molecule has 1 aliphatic heterocycles. The Bertz CT molecular complexity index is 693. The van der Waals surface area contributed by atoms with Crippen LogP contribution in [0.2, 0.25) is 5.02 Å². The third-order valence-electron chi connectivity index (χ3n) is 4.84. The van der Waals surface area contributed by atoms with Crippen LogP contribution in [0.25, 0.3) is 0 Å². The van der Waals surface area contributed by atoms with Gasteiger partial charge in [0.25, 0.3) is 0 Å². The van der Waals surface area contributed by atoms with Crippen LogP contribution >= 0.6 is 11.6 Å². The maximum Gasteiger partial charge on any atom is 0.417 e. The van der Waals surface area contributed by atoms with Crippen LogP contribution in [0.4, 0.5) is 13.2 Å². The van der Waals surface area contributed by atoms with Crippen LogP contribution in [-0.4, -0.2) is 28.3 Å². The van der Waals surface area contributed by atoms with E-state index in [1.165, 1.54) is 17.0 Å². The lowest BCUT2D eigenvalue weighted by Gasteiger charge is -2.40. The van der Waals surface area contributed by atoms with Gasteiger partial charge in [-0.05, 0) is 31.4 Å². The maximum absolute atomic E-state index is 13.1. The van der Waals surface area contributed by atoms with Crippen LogP contribution in [0.15, 0.2) is 18.2 Å². The number of rotatable bonds is 5. The minimum atomic E-state index is -4.60. The Balaban J connectivity index is 2.51. The van der Waals surface area contributed by atoms with Crippen molar-refractivity contribution in [2.24, 2.45) is 5.73 Å². The van der Waals surface area contributed by atoms with Crippen molar-refractivity contribution in [2.45, 2.75) is 57.3 Å². The number of nitrogens with zero attached hydrogens (tertiary/aromatic N) is 1. The Morgan fingerprint density at radius 1 is 1.44 bits per heavy atom. The fraction of sp³-hybridized carbons (Fsp3) is 0.529. The molecular formula is C17H20ClF3N2O2. The topological polar surface area (TPSA) is 63.4 Å². The molecule has 1 saturated heterocycles. The predicted octanol–water partition coefficient (Wildman–Crippen LogP) is 3.55. The monoisotopic (exact) mass is 376 g/mol. The van der Waals surface area contributed by atoms with Crippen molar-refractivity contribution in [3.63, 3.8) is 0 Å². The highest BCUT2D eigenvalue weighted by atomic mass is 35.5. The lowest BCUT2D eigenvalue weighted by molar-refractivity contribution is -0.142. The average molecular weight is 377 g/mol. The Morgan fingerprint density at radius 2 is 2.08 bits per heavy atom. The average Bonchev–Trinajstić information content (AvgIpc) is 2.85. The van der Waals surface area contributed by atoms with E-state index in [0.29, 0.717) is 6.42 Å². The largest absolute Gasteiger partial charge is 0.417 e. The fourth-order valence-electron chi connectivity index (χ4n) is 3.40. The van der Waals surface area contributed by atoms with Gasteiger partial charge in [-0.25, -0.2) is 0 Å². The number of halogens is 4. The summed E-state index contributed by atoms with van der Waals surface area (Å²) in [5.74, 6) is -0.955. The normalized spacial score (nSPS) is 22.3. The van der Waals surface area contributed by atoms with Crippen molar-refractivity contribution in [3.8, 4) is 0 Å². The number of nitrogens with two attached hydrogens (primary N) is 1. The summed E-state index contributed by atoms with van der Waals surface area (Å²) in [6, 6.07) is 3.30. The molecule has 2 amide bonds. The van der Waals surface area contributed by atoms with E-state index in [2.05, 4.69) is 0 Å². The first-order valence-corrected chi connectivity index (χ1v) is 8.39. The van der Waals surface area contributed by atoms with Crippen LogP contribution in [-0.2, 0) is 22.2 Å². The summed E-state index contributed by atoms with van der Waals surface area (Å²) in [5, 5.41) is -0.459. The van der Waals surface area contributed by atoms with Gasteiger partial charge in [-0.1, -0.05) is 30.7 Å². The minimum Gasteiger partial charge on any atom is -0.368 e. The van der Waals surface area contributed by atoms with Gasteiger partial charge in [0.05, 0.1) is 10.6 Å². The fourth-order valence-corrected chi connectivity index (χ4v) is 3.70. The van der Waals surface area contributed by atoms with Gasteiger partial charge in [0.1, 0.15) is 5.54 Å². The quantitative estimate of drug-likeness (QED) is 0.854. The molecule has 8 heteroatoms. The highest BCUT2D eigenvalue weighted by Gasteiger charge is 2.51. The SMILES string of the molecule is CCC(C)N1C(=O)CC[C@@]1(Cc1cccc(C(F)(F)F)c1Cl)C(N)=O. The van der Waals surface area contributed by atoms with Crippen LogP contribution in [0.5, 0.6) is 0 Å². The molecule has 1 aromatic carbocycles. The van der Waals surface area contributed by atoms with E-state index in [1.54, 1.807) is 6.92 Å². The Hall–Kier alpha value is -1.76. The van der Waals surface area contributed by atoms with Gasteiger partial charge in [0, 0.05) is 18.9 Å². The summed E-state index contributed by atoms with van der Waals surface area (Å²) in [7, 11) is 0. The highest BCUT2D eigenvalue weighted by Crippen LogP contribution is 2.41. The van der Waals surface area contributed by atoms with Crippen molar-refractivity contribution in [1.82, 2.24) is 4.90 Å². The number of hydrogen-bond acceptors (Lipinski definition) is 2. The van der Waals surface area contributed by atoms with Gasteiger partial charge in [0.15, 0.2) is 0 Å². The maximum atomic E-state index is 13.1. The minimum absolute atomic E-state index is 0.129. The van der Waals surface area contributed by atoms with Crippen molar-refractivity contribution in [3.05, 3.63) is 34.3 Å². The molecule has 0 bridgehead atoms. The molecule has 2 rings (SSSR count). The Kier molecular flexibility index (Phi) is 5.37. The third-order valence-corrected chi connectivity index (χ3v) is 5.29. The van der Waals surface area contributed by atoms with E-state index < -0.39 is 28.2 Å². The number of alkyl halides is 3. The predicted molar refractivity (Wildman–Crippen MR) is 87.9 cm³/mol. The van der Waals surface area contributed by atoms with Gasteiger partial charge in [0.2, 0.25) is 11.8 Å². The number of primary amides is 1. The first-order valence-electron chi connectivity index (χ1n) is 8.01. The zero-order valence-corrected chi connectivity index (χ0v) is 14.7. The van der Waals surface area contributed by atoms with Crippen LogP contribution in [0.1, 0.15) is 44.2 Å². The summed E-state index contributed by atoms with van der Waals surface area (Å²) in [6.07, 6.45) is -3.85. The molecule has 25 heavy (non-hydrogen) atoms. The molecule has 1 aliphatic rings. The van der Waals surface area contributed by atoms with Crippen molar-refractivity contribution < 1.29 is 22.8 Å². The Morgan fingerprint density at radius 3 is 2.60 bits per heavy atom. The first kappa shape index (κ1) is 19.6. The molecule has 1 unspecified atom stereocenters. The zero-order valence-electron chi connectivity index (χ0n) is 14.0. The number of amides is 2. The van der Waals surface area contributed by atoms with Crippen molar-refractivity contribution in [2.75, 3.05) is 0 Å². The molecule has 0 aromatic heterocycles. The molecule has 0 radical (unpaired) electrons. The second-order valence-corrected chi connectivity index (χ2v) is 6.75. The van der Waals surface area contributed by atoms with E-state index in [0.717, 1.165) is 6.07 Å². The molecule has 1 heterocycles. The third kappa shape index (κ3) is 3.47. The van der Waals surface area contributed by atoms with E-state index in [9.17, 15) is 22.8 Å². The van der Waals surface area contributed by atoms with Gasteiger partial charge >= 0.3 is 6.18 Å². The number of likely N-dealkylation sites (tertiary alicyclic amines) is 1. The van der Waals surface area contributed by atoms with E-state index >= 15 is 0 Å². The summed E-state index contributed by atoms with van der Waals surface area (Å²) < 4.78 is 39.2. The Labute approximate surface area is 149 Å². The van der Waals surface area contributed by atoms with Gasteiger partial charge in [-0.3, -0.25) is 9.59 Å². The number of carbonyl (C=O) groups excluding carboxylic acids is 2. The summed E-state index contributed by atoms with van der Waals surface area (Å²) in [4.78, 5) is 26.0. The molecule has 2 atom stereocenters. The standard InChI is InChI=1S/C17H20ClF3N2O2/c1-3-10(2)23-13(24)7-8-16(23,15(22)25)9-11-5-4-6-12(14(11)18)17(19,20)21/h4-6,10H,3,7-9H2,1-2H3,(H2,22,25)/t10?,16-/m1/s1. The highest BCUT2D eigenvalue weighted by molar-refractivity contribution is 6.32. The summed E-state index contributed by atoms with van der Waals surface area (Å²) in [5.41, 5.74) is 3.42. The zero-order chi connectivity index (χ0) is 19.0. The van der Waals surface area contributed by atoms with Crippen molar-refractivity contribution >= 4 is 23.4 Å². The summed E-state index contributed by atoms with van der Waals surface area (Å²) in [6.45, 7) is 3.65. The summed E-state index contributed by atoms with van der Waals surface area (Å²) >= 11 is 5.96. The van der Waals surface area contributed by atoms with Gasteiger partial charge < -0.3 is 10.6 Å². The second kappa shape index (κ2) is 6.86. The van der Waals surface area contributed by atoms with Crippen LogP contribution < -0.4 is 5.73 Å². The van der Waals surface area contributed by atoms with Crippen LogP contribution in [0.3, 0.4) is 0 Å². The molecule has 0 saturated carbocycles. The molecule has 2 N–H and O–H groups in total. The molecule has 0 aliphatic carbocycles. The number of hydrogen-bond donors (Lipinski definition) is 1. The van der Waals surface area contributed by atoms with Gasteiger partial charge in [-0.15, -0.1) is 0 Å². The van der Waals surface area contributed by atoms with E-state index in [1.807, 2.05) is 6.92 Å². The van der Waals surface area contributed by atoms with Gasteiger partial charge in [-0.2, -0.15) is 13.2 Å². The smallest absolute Gasteiger partial charge is 0.368 e. The van der Waals surface area contributed by atoms with E-state index in [-0.39, 0.29) is 36.8 Å². The molecule has 138 valence electrons. The molecule has 1 fully saturated rings. The molecule has 0 spiro atoms.